The summed E-state index contributed by atoms with van der Waals surface area (Å²) in [4.78, 5) is 17.9. The predicted octanol–water partition coefficient (Wildman–Crippen LogP) is 4.07. The van der Waals surface area contributed by atoms with Crippen LogP contribution in [0.2, 0.25) is 0 Å². The van der Waals surface area contributed by atoms with Crippen LogP contribution in [0.5, 0.6) is 0 Å². The number of unbranched alkanes of at least 4 members (excludes halogenated alkanes) is 2. The van der Waals surface area contributed by atoms with Gasteiger partial charge in [0.15, 0.2) is 0 Å². The zero-order valence-electron chi connectivity index (χ0n) is 17.5. The van der Waals surface area contributed by atoms with Crippen molar-refractivity contribution in [3.63, 3.8) is 0 Å². The molecule has 0 saturated heterocycles. The summed E-state index contributed by atoms with van der Waals surface area (Å²) in [6.07, 6.45) is 11.0. The Labute approximate surface area is 174 Å². The summed E-state index contributed by atoms with van der Waals surface area (Å²) >= 11 is 0. The topological polar surface area (TPSA) is 102 Å². The first kappa shape index (κ1) is 22.9. The molecule has 0 unspecified atom stereocenters. The lowest BCUT2D eigenvalue weighted by Gasteiger charge is -2.27. The fraction of sp³-hybridized carbons (Fsp3) is 0.727. The lowest BCUT2D eigenvalue weighted by Crippen LogP contribution is -2.41. The summed E-state index contributed by atoms with van der Waals surface area (Å²) < 4.78 is 20.8. The molecule has 29 heavy (non-hydrogen) atoms. The third-order valence-corrected chi connectivity index (χ3v) is 7.12. The Bertz CT molecular complexity index is 721. The van der Waals surface area contributed by atoms with Crippen molar-refractivity contribution in [3.05, 3.63) is 34.9 Å². The number of aryl methyl sites for hydroxylation is 1. The summed E-state index contributed by atoms with van der Waals surface area (Å²) in [5.41, 5.74) is 9.96. The standard InChI is InChI=1S/C22H36NO5P/c1-27-12-4-2-3-5-17-6-7-19-14-20(9-8-18(19)13-17)21-10-11-22(23,15-21)16-28-29(24,25)26/h8-9,14,17,21H,2-7,10-13,15-16,23H2,1H3,(H2,24,25,26)/t17-,21-,22-/m1/s1. The molecular formula is C22H36NO5P. The molecule has 0 aliphatic heterocycles. The van der Waals surface area contributed by atoms with E-state index in [9.17, 15) is 4.57 Å². The second-order valence-corrected chi connectivity index (χ2v) is 10.3. The van der Waals surface area contributed by atoms with Crippen LogP contribution in [0.4, 0.5) is 0 Å². The van der Waals surface area contributed by atoms with Crippen LogP contribution < -0.4 is 5.73 Å². The van der Waals surface area contributed by atoms with Gasteiger partial charge in [-0.2, -0.15) is 0 Å². The summed E-state index contributed by atoms with van der Waals surface area (Å²) in [7, 11) is -2.71. The third kappa shape index (κ3) is 6.88. The van der Waals surface area contributed by atoms with E-state index < -0.39 is 13.4 Å². The summed E-state index contributed by atoms with van der Waals surface area (Å²) in [6.45, 7) is 0.776. The van der Waals surface area contributed by atoms with Crippen molar-refractivity contribution in [1.29, 1.82) is 0 Å². The highest BCUT2D eigenvalue weighted by atomic mass is 31.2. The molecular weight excluding hydrogens is 389 g/mol. The quantitative estimate of drug-likeness (QED) is 0.386. The van der Waals surface area contributed by atoms with E-state index in [4.69, 9.17) is 24.8 Å². The molecule has 0 radical (unpaired) electrons. The predicted molar refractivity (Wildman–Crippen MR) is 114 cm³/mol. The number of ether oxygens (including phenoxy) is 1. The Kier molecular flexibility index (Phi) is 7.94. The number of nitrogens with two attached hydrogens (primary N) is 1. The molecule has 4 N–H and O–H groups in total. The highest BCUT2D eigenvalue weighted by molar-refractivity contribution is 7.46. The Morgan fingerprint density at radius 3 is 2.79 bits per heavy atom. The maximum Gasteiger partial charge on any atom is 0.469 e. The second-order valence-electron chi connectivity index (χ2n) is 9.05. The maximum atomic E-state index is 11.0. The van der Waals surface area contributed by atoms with Crippen LogP contribution in [0, 0.1) is 5.92 Å². The van der Waals surface area contributed by atoms with E-state index in [1.54, 1.807) is 7.11 Å². The first-order valence-electron chi connectivity index (χ1n) is 10.9. The molecule has 0 heterocycles. The van der Waals surface area contributed by atoms with E-state index in [0.29, 0.717) is 12.3 Å². The van der Waals surface area contributed by atoms with Gasteiger partial charge in [0.05, 0.1) is 6.61 Å². The number of hydrogen-bond donors (Lipinski definition) is 3. The highest BCUT2D eigenvalue weighted by Gasteiger charge is 2.38. The smallest absolute Gasteiger partial charge is 0.385 e. The van der Waals surface area contributed by atoms with Crippen molar-refractivity contribution in [2.45, 2.75) is 75.7 Å². The Hall–Kier alpha value is -0.750. The summed E-state index contributed by atoms with van der Waals surface area (Å²) in [5, 5.41) is 0. The van der Waals surface area contributed by atoms with E-state index in [-0.39, 0.29) is 6.61 Å². The van der Waals surface area contributed by atoms with E-state index in [2.05, 4.69) is 18.2 Å². The van der Waals surface area contributed by atoms with Gasteiger partial charge in [0.1, 0.15) is 0 Å². The van der Waals surface area contributed by atoms with Crippen LogP contribution >= 0.6 is 7.82 Å². The molecule has 164 valence electrons. The lowest BCUT2D eigenvalue weighted by molar-refractivity contribution is 0.153. The van der Waals surface area contributed by atoms with E-state index in [0.717, 1.165) is 38.2 Å². The highest BCUT2D eigenvalue weighted by Crippen LogP contribution is 2.44. The van der Waals surface area contributed by atoms with Crippen molar-refractivity contribution >= 4 is 7.82 Å². The third-order valence-electron chi connectivity index (χ3n) is 6.66. The van der Waals surface area contributed by atoms with Gasteiger partial charge >= 0.3 is 7.82 Å². The van der Waals surface area contributed by atoms with Gasteiger partial charge in [-0.1, -0.05) is 37.5 Å². The molecule has 2 aliphatic carbocycles. The van der Waals surface area contributed by atoms with Gasteiger partial charge in [-0.3, -0.25) is 4.52 Å². The first-order chi connectivity index (χ1) is 13.8. The summed E-state index contributed by atoms with van der Waals surface area (Å²) in [6, 6.07) is 6.88. The molecule has 1 saturated carbocycles. The van der Waals surface area contributed by atoms with E-state index >= 15 is 0 Å². The minimum absolute atomic E-state index is 0.0925. The number of phosphoric acid groups is 1. The largest absolute Gasteiger partial charge is 0.469 e. The number of benzene rings is 1. The van der Waals surface area contributed by atoms with Gasteiger partial charge < -0.3 is 20.3 Å². The number of phosphoric ester groups is 1. The fourth-order valence-corrected chi connectivity index (χ4v) is 5.42. The Morgan fingerprint density at radius 2 is 2.03 bits per heavy atom. The van der Waals surface area contributed by atoms with Crippen LogP contribution in [-0.4, -0.2) is 35.6 Å². The molecule has 3 atom stereocenters. The van der Waals surface area contributed by atoms with Crippen molar-refractivity contribution in [2.75, 3.05) is 20.3 Å². The van der Waals surface area contributed by atoms with Gasteiger partial charge in [-0.05, 0) is 73.5 Å². The van der Waals surface area contributed by atoms with Crippen molar-refractivity contribution in [1.82, 2.24) is 0 Å². The molecule has 0 amide bonds. The lowest BCUT2D eigenvalue weighted by atomic mass is 9.79. The number of rotatable bonds is 10. The SMILES string of the molecule is COCCCCC[C@@H]1CCc2cc([C@@H]3CC[C@](N)(COP(=O)(O)O)C3)ccc2C1. The van der Waals surface area contributed by atoms with Crippen LogP contribution in [0.25, 0.3) is 0 Å². The monoisotopic (exact) mass is 425 g/mol. The molecule has 1 fully saturated rings. The molecule has 6 nitrogen and oxygen atoms in total. The van der Waals surface area contributed by atoms with Crippen molar-refractivity contribution in [2.24, 2.45) is 11.7 Å². The Balaban J connectivity index is 1.52. The van der Waals surface area contributed by atoms with Gasteiger partial charge in [-0.25, -0.2) is 4.57 Å². The van der Waals surface area contributed by atoms with E-state index in [1.165, 1.54) is 48.8 Å². The minimum atomic E-state index is -4.47. The van der Waals surface area contributed by atoms with Crippen LogP contribution in [-0.2, 0) is 26.7 Å². The molecule has 2 aliphatic rings. The first-order valence-corrected chi connectivity index (χ1v) is 12.4. The van der Waals surface area contributed by atoms with Gasteiger partial charge in [0.2, 0.25) is 0 Å². The van der Waals surface area contributed by atoms with Gasteiger partial charge in [0.25, 0.3) is 0 Å². The second kappa shape index (κ2) is 10.0. The minimum Gasteiger partial charge on any atom is -0.385 e. The zero-order valence-corrected chi connectivity index (χ0v) is 18.4. The maximum absolute atomic E-state index is 11.0. The Morgan fingerprint density at radius 1 is 1.21 bits per heavy atom. The van der Waals surface area contributed by atoms with Crippen LogP contribution in [0.1, 0.15) is 74.0 Å². The molecule has 0 aromatic heterocycles. The van der Waals surface area contributed by atoms with Crippen LogP contribution in [0.15, 0.2) is 18.2 Å². The average Bonchev–Trinajstić information content (AvgIpc) is 3.08. The van der Waals surface area contributed by atoms with Crippen molar-refractivity contribution < 1.29 is 23.6 Å². The zero-order chi connectivity index (χ0) is 20.9. The molecule has 0 bridgehead atoms. The molecule has 0 spiro atoms. The van der Waals surface area contributed by atoms with Crippen molar-refractivity contribution in [3.8, 4) is 0 Å². The fourth-order valence-electron chi connectivity index (χ4n) is 4.99. The normalized spacial score (nSPS) is 27.2. The van der Waals surface area contributed by atoms with Gasteiger partial charge in [-0.15, -0.1) is 0 Å². The van der Waals surface area contributed by atoms with E-state index in [1.807, 2.05) is 0 Å². The molecule has 1 aromatic carbocycles. The number of hydrogen-bond acceptors (Lipinski definition) is 4. The number of fused-ring (bicyclic) bond motifs is 1. The molecule has 1 aromatic rings. The molecule has 7 heteroatoms. The summed E-state index contributed by atoms with van der Waals surface area (Å²) in [5.74, 6) is 1.13. The average molecular weight is 426 g/mol. The van der Waals surface area contributed by atoms with Gasteiger partial charge in [0, 0.05) is 19.3 Å². The molecule has 3 rings (SSSR count). The van der Waals surface area contributed by atoms with Crippen LogP contribution in [0.3, 0.4) is 0 Å². The number of methoxy groups -OCH3 is 1.